The monoisotopic (exact) mass is 297 g/mol. The molecule has 2 amide bonds. The Balaban J connectivity index is 1.69. The van der Waals surface area contributed by atoms with Gasteiger partial charge in [-0.25, -0.2) is 0 Å². The molecule has 0 fully saturated rings. The van der Waals surface area contributed by atoms with Crippen LogP contribution in [0.5, 0.6) is 5.75 Å². The van der Waals surface area contributed by atoms with Gasteiger partial charge in [0.2, 0.25) is 0 Å². The van der Waals surface area contributed by atoms with E-state index in [9.17, 15) is 9.59 Å². The Bertz CT molecular complexity index is 703. The quantitative estimate of drug-likeness (QED) is 0.925. The Hall–Kier alpha value is -2.89. The van der Waals surface area contributed by atoms with Gasteiger partial charge in [-0.1, -0.05) is 12.1 Å². The van der Waals surface area contributed by atoms with Crippen LogP contribution in [0.1, 0.15) is 10.4 Å². The standard InChI is InChI=1S/C16H15N3O3/c1-19-12-6-2-3-7-13(12)22-14(16(19)21)10-18-15(20)11-5-4-8-17-9-11/h2-9,14H,10H2,1H3,(H,18,20). The van der Waals surface area contributed by atoms with E-state index in [4.69, 9.17) is 4.74 Å². The van der Waals surface area contributed by atoms with Gasteiger partial charge in [0.25, 0.3) is 11.8 Å². The summed E-state index contributed by atoms with van der Waals surface area (Å²) in [5.74, 6) is 0.154. The molecular formula is C16H15N3O3. The number of fused-ring (bicyclic) bond motifs is 1. The number of para-hydroxylation sites is 2. The number of rotatable bonds is 3. The highest BCUT2D eigenvalue weighted by Crippen LogP contribution is 2.32. The molecule has 1 unspecified atom stereocenters. The third-order valence-corrected chi connectivity index (χ3v) is 3.47. The summed E-state index contributed by atoms with van der Waals surface area (Å²) < 4.78 is 5.68. The van der Waals surface area contributed by atoms with Crippen molar-refractivity contribution < 1.29 is 14.3 Å². The molecule has 2 aromatic rings. The van der Waals surface area contributed by atoms with E-state index in [1.54, 1.807) is 36.3 Å². The zero-order chi connectivity index (χ0) is 15.5. The second-order valence-corrected chi connectivity index (χ2v) is 4.92. The lowest BCUT2D eigenvalue weighted by atomic mass is 10.2. The van der Waals surface area contributed by atoms with E-state index in [1.165, 1.54) is 6.20 Å². The number of anilines is 1. The van der Waals surface area contributed by atoms with E-state index in [1.807, 2.05) is 18.2 Å². The summed E-state index contributed by atoms with van der Waals surface area (Å²) in [6, 6.07) is 10.6. The molecule has 1 aromatic heterocycles. The van der Waals surface area contributed by atoms with E-state index in [0.717, 1.165) is 5.69 Å². The fourth-order valence-electron chi connectivity index (χ4n) is 2.29. The van der Waals surface area contributed by atoms with Crippen molar-refractivity contribution in [1.82, 2.24) is 10.3 Å². The van der Waals surface area contributed by atoms with Gasteiger partial charge in [0.15, 0.2) is 6.10 Å². The lowest BCUT2D eigenvalue weighted by molar-refractivity contribution is -0.125. The van der Waals surface area contributed by atoms with Crippen LogP contribution in [0.3, 0.4) is 0 Å². The number of hydrogen-bond acceptors (Lipinski definition) is 4. The van der Waals surface area contributed by atoms with Gasteiger partial charge in [-0.15, -0.1) is 0 Å². The maximum atomic E-state index is 12.3. The summed E-state index contributed by atoms with van der Waals surface area (Å²) in [7, 11) is 1.69. The SMILES string of the molecule is CN1C(=O)C(CNC(=O)c2cccnc2)Oc2ccccc21. The summed E-state index contributed by atoms with van der Waals surface area (Å²) in [4.78, 5) is 29.7. The van der Waals surface area contributed by atoms with Crippen molar-refractivity contribution in [2.75, 3.05) is 18.5 Å². The summed E-state index contributed by atoms with van der Waals surface area (Å²) >= 11 is 0. The number of amides is 2. The van der Waals surface area contributed by atoms with Crippen LogP contribution in [0, 0.1) is 0 Å². The third-order valence-electron chi connectivity index (χ3n) is 3.47. The minimum Gasteiger partial charge on any atom is -0.477 e. The van der Waals surface area contributed by atoms with E-state index in [-0.39, 0.29) is 18.4 Å². The van der Waals surface area contributed by atoms with Crippen LogP contribution in [0.4, 0.5) is 5.69 Å². The molecule has 2 heterocycles. The van der Waals surface area contributed by atoms with Crippen LogP contribution in [0.2, 0.25) is 0 Å². The van der Waals surface area contributed by atoms with Gasteiger partial charge in [0, 0.05) is 19.4 Å². The molecule has 3 rings (SSSR count). The second-order valence-electron chi connectivity index (χ2n) is 4.92. The molecule has 22 heavy (non-hydrogen) atoms. The maximum absolute atomic E-state index is 12.3. The Morgan fingerprint density at radius 1 is 1.32 bits per heavy atom. The van der Waals surface area contributed by atoms with Crippen molar-refractivity contribution >= 4 is 17.5 Å². The van der Waals surface area contributed by atoms with Crippen LogP contribution in [-0.4, -0.2) is 36.5 Å². The smallest absolute Gasteiger partial charge is 0.269 e. The molecule has 0 radical (unpaired) electrons. The third kappa shape index (κ3) is 2.63. The average molecular weight is 297 g/mol. The number of pyridine rings is 1. The summed E-state index contributed by atoms with van der Waals surface area (Å²) in [6.07, 6.45) is 2.33. The summed E-state index contributed by atoms with van der Waals surface area (Å²) in [5, 5.41) is 2.70. The largest absolute Gasteiger partial charge is 0.477 e. The number of nitrogens with zero attached hydrogens (tertiary/aromatic N) is 2. The van der Waals surface area contributed by atoms with Crippen molar-refractivity contribution in [3.05, 3.63) is 54.4 Å². The first-order chi connectivity index (χ1) is 10.7. The van der Waals surface area contributed by atoms with Crippen LogP contribution < -0.4 is 15.0 Å². The Kier molecular flexibility index (Phi) is 3.74. The van der Waals surface area contributed by atoms with Crippen molar-refractivity contribution in [2.45, 2.75) is 6.10 Å². The van der Waals surface area contributed by atoms with E-state index < -0.39 is 6.10 Å². The molecule has 6 nitrogen and oxygen atoms in total. The van der Waals surface area contributed by atoms with Crippen LogP contribution in [0.25, 0.3) is 0 Å². The molecule has 1 aliphatic heterocycles. The molecular weight excluding hydrogens is 282 g/mol. The number of benzene rings is 1. The number of aromatic nitrogens is 1. The molecule has 112 valence electrons. The number of nitrogens with one attached hydrogen (secondary N) is 1. The minimum absolute atomic E-state index is 0.102. The molecule has 0 aliphatic carbocycles. The molecule has 1 atom stereocenters. The first-order valence-electron chi connectivity index (χ1n) is 6.88. The molecule has 1 aromatic carbocycles. The van der Waals surface area contributed by atoms with Crippen molar-refractivity contribution in [3.8, 4) is 5.75 Å². The normalized spacial score (nSPS) is 16.7. The van der Waals surface area contributed by atoms with E-state index >= 15 is 0 Å². The fraction of sp³-hybridized carbons (Fsp3) is 0.188. The predicted molar refractivity (Wildman–Crippen MR) is 80.8 cm³/mol. The number of carbonyl (C=O) groups excluding carboxylic acids is 2. The van der Waals surface area contributed by atoms with Gasteiger partial charge in [0.05, 0.1) is 17.8 Å². The zero-order valence-electron chi connectivity index (χ0n) is 12.0. The molecule has 1 N–H and O–H groups in total. The topological polar surface area (TPSA) is 71.5 Å². The molecule has 6 heteroatoms. The lowest BCUT2D eigenvalue weighted by Gasteiger charge is -2.31. The number of ether oxygens (including phenoxy) is 1. The Morgan fingerprint density at radius 3 is 2.91 bits per heavy atom. The highest BCUT2D eigenvalue weighted by Gasteiger charge is 2.32. The Morgan fingerprint density at radius 2 is 2.14 bits per heavy atom. The highest BCUT2D eigenvalue weighted by molar-refractivity contribution is 6.00. The zero-order valence-corrected chi connectivity index (χ0v) is 12.0. The van der Waals surface area contributed by atoms with Gasteiger partial charge in [-0.3, -0.25) is 14.6 Å². The van der Waals surface area contributed by atoms with Gasteiger partial charge >= 0.3 is 0 Å². The first kappa shape index (κ1) is 14.1. The van der Waals surface area contributed by atoms with Crippen LogP contribution in [-0.2, 0) is 4.79 Å². The molecule has 0 saturated carbocycles. The van der Waals surface area contributed by atoms with Crippen LogP contribution in [0.15, 0.2) is 48.8 Å². The first-order valence-corrected chi connectivity index (χ1v) is 6.88. The van der Waals surface area contributed by atoms with Crippen molar-refractivity contribution in [1.29, 1.82) is 0 Å². The van der Waals surface area contributed by atoms with Crippen molar-refractivity contribution in [2.24, 2.45) is 0 Å². The van der Waals surface area contributed by atoms with Crippen molar-refractivity contribution in [3.63, 3.8) is 0 Å². The lowest BCUT2D eigenvalue weighted by Crippen LogP contribution is -2.49. The summed E-state index contributed by atoms with van der Waals surface area (Å²) in [5.41, 5.74) is 1.17. The number of hydrogen-bond donors (Lipinski definition) is 1. The maximum Gasteiger partial charge on any atom is 0.269 e. The van der Waals surface area contributed by atoms with Gasteiger partial charge in [-0.05, 0) is 24.3 Å². The molecule has 0 spiro atoms. The predicted octanol–water partition coefficient (Wildman–Crippen LogP) is 1.24. The molecule has 0 bridgehead atoms. The van der Waals surface area contributed by atoms with Gasteiger partial charge in [-0.2, -0.15) is 0 Å². The Labute approximate surface area is 127 Å². The minimum atomic E-state index is -0.736. The van der Waals surface area contributed by atoms with Gasteiger partial charge < -0.3 is 15.0 Å². The average Bonchev–Trinajstić information content (AvgIpc) is 2.57. The van der Waals surface area contributed by atoms with E-state index in [0.29, 0.717) is 11.3 Å². The van der Waals surface area contributed by atoms with Crippen LogP contribution >= 0.6 is 0 Å². The molecule has 1 aliphatic rings. The summed E-state index contributed by atoms with van der Waals surface area (Å²) in [6.45, 7) is 0.102. The number of carbonyl (C=O) groups is 2. The fourth-order valence-corrected chi connectivity index (χ4v) is 2.29. The van der Waals surface area contributed by atoms with E-state index in [2.05, 4.69) is 10.3 Å². The number of likely N-dealkylation sites (N-methyl/N-ethyl adjacent to an activating group) is 1. The van der Waals surface area contributed by atoms with Gasteiger partial charge in [0.1, 0.15) is 5.75 Å². The second kappa shape index (κ2) is 5.85. The highest BCUT2D eigenvalue weighted by atomic mass is 16.5. The molecule has 0 saturated heterocycles.